The van der Waals surface area contributed by atoms with E-state index in [1.165, 1.54) is 0 Å². The van der Waals surface area contributed by atoms with Gasteiger partial charge in [0.15, 0.2) is 0 Å². The van der Waals surface area contributed by atoms with Gasteiger partial charge in [-0.3, -0.25) is 13.9 Å². The van der Waals surface area contributed by atoms with Crippen LogP contribution in [0.2, 0.25) is 0 Å². The molecular formula is C30H50N2O12S2. The number of ether oxygens (including phenoxy) is 2. The van der Waals surface area contributed by atoms with Crippen LogP contribution in [0, 0.1) is 34.0 Å². The molecule has 6 N–H and O–H groups in total. The van der Waals surface area contributed by atoms with E-state index in [1.54, 1.807) is 6.08 Å². The van der Waals surface area contributed by atoms with Crippen molar-refractivity contribution in [1.29, 1.82) is 0 Å². The third-order valence-corrected chi connectivity index (χ3v) is 13.0. The maximum atomic E-state index is 13.4. The number of nitrogens with two attached hydrogens (primary N) is 1. The van der Waals surface area contributed by atoms with E-state index in [9.17, 15) is 36.3 Å². The molecule has 0 unspecified atom stereocenters. The van der Waals surface area contributed by atoms with Crippen molar-refractivity contribution in [1.82, 2.24) is 5.32 Å². The van der Waals surface area contributed by atoms with Gasteiger partial charge in [-0.2, -0.15) is 16.8 Å². The first-order valence-corrected chi connectivity index (χ1v) is 19.0. The third-order valence-electron chi connectivity index (χ3n) is 11.3. The van der Waals surface area contributed by atoms with Gasteiger partial charge in [-0.25, -0.2) is 14.9 Å². The number of carbonyl (C=O) groups is 3. The zero-order valence-electron chi connectivity index (χ0n) is 27.0. The summed E-state index contributed by atoms with van der Waals surface area (Å²) in [4.78, 5) is 38.9. The first-order valence-electron chi connectivity index (χ1n) is 15.8. The molecule has 0 aromatic heterocycles. The van der Waals surface area contributed by atoms with Crippen LogP contribution >= 0.6 is 0 Å². The number of rotatable bonds is 6. The van der Waals surface area contributed by atoms with Crippen molar-refractivity contribution in [3.05, 3.63) is 12.7 Å². The van der Waals surface area contributed by atoms with Crippen molar-refractivity contribution in [3.8, 4) is 0 Å². The zero-order valence-corrected chi connectivity index (χ0v) is 28.6. The Bertz CT molecular complexity index is 1350. The molecule has 264 valence electrons. The van der Waals surface area contributed by atoms with Gasteiger partial charge in [0.1, 0.15) is 18.0 Å². The van der Waals surface area contributed by atoms with Crippen LogP contribution in [0.25, 0.3) is 0 Å². The smallest absolute Gasteiger partial charge is 0.416 e. The summed E-state index contributed by atoms with van der Waals surface area (Å²) in [6.45, 7) is 12.2. The molecule has 14 nitrogen and oxygen atoms in total. The topological polar surface area (TPSA) is 237 Å². The normalized spacial score (nSPS) is 39.4. The molecule has 0 saturated heterocycles. The maximum Gasteiger partial charge on any atom is 0.416 e. The number of amides is 2. The van der Waals surface area contributed by atoms with Crippen LogP contribution in [0.15, 0.2) is 12.7 Å². The average Bonchev–Trinajstić information content (AvgIpc) is 3.31. The number of aliphatic hydroxyl groups excluding tert-OH is 1. The Kier molecular flexibility index (Phi) is 11.8. The Morgan fingerprint density at radius 2 is 1.52 bits per heavy atom. The van der Waals surface area contributed by atoms with E-state index >= 15 is 0 Å². The summed E-state index contributed by atoms with van der Waals surface area (Å²) < 4.78 is 66.8. The number of hydrogen-bond donors (Lipinski definition) is 5. The molecular weight excluding hydrogens is 644 g/mol. The highest BCUT2D eigenvalue weighted by Crippen LogP contribution is 2.68. The number of aliphatic hydroxyl groups is 1. The molecule has 4 fully saturated rings. The Balaban J connectivity index is 0.000000498. The summed E-state index contributed by atoms with van der Waals surface area (Å²) in [6.07, 6.45) is 4.49. The van der Waals surface area contributed by atoms with Crippen LogP contribution in [0.1, 0.15) is 85.5 Å². The minimum atomic E-state index is -4.30. The Labute approximate surface area is 271 Å². The Hall–Kier alpha value is -2.11. The van der Waals surface area contributed by atoms with Gasteiger partial charge in [0.25, 0.3) is 20.2 Å². The maximum absolute atomic E-state index is 13.4. The minimum absolute atomic E-state index is 0.0999. The summed E-state index contributed by atoms with van der Waals surface area (Å²) in [6, 6.07) is 0.123. The van der Waals surface area contributed by atoms with E-state index in [2.05, 4.69) is 32.7 Å². The van der Waals surface area contributed by atoms with Crippen molar-refractivity contribution < 1.29 is 54.9 Å². The van der Waals surface area contributed by atoms with Gasteiger partial charge in [-0.05, 0) is 68.6 Å². The molecule has 46 heavy (non-hydrogen) atoms. The van der Waals surface area contributed by atoms with Crippen molar-refractivity contribution in [2.75, 3.05) is 11.5 Å². The van der Waals surface area contributed by atoms with Gasteiger partial charge >= 0.3 is 12.2 Å². The number of alkyl carbamates (subject to hydrolysis) is 2. The molecule has 0 aromatic rings. The first-order chi connectivity index (χ1) is 21.1. The third kappa shape index (κ3) is 8.48. The molecule has 4 saturated carbocycles. The molecule has 16 heteroatoms. The number of Topliss-reactive ketones (excluding diaryl/α,β-unsaturated/α-hetero) is 1. The quantitative estimate of drug-likeness (QED) is 0.199. The lowest BCUT2D eigenvalue weighted by Gasteiger charge is -2.61. The highest BCUT2D eigenvalue weighted by Gasteiger charge is 2.68. The standard InChI is InChI=1S/C28H44N2O6.C2H6O6S2/c1-6-26(4)15-21(36-25(34)30-24(33)35-19-9-7-18(29)8-10-19)27(5)16(2)11-13-28(17(3)23(26)32)14-12-20(31)22(27)28;3-9(4,5)1-2-10(6,7)8/h6,16-19,21-23,32H,1,7-15,29H2,2-5H3,(H,30,33,34);1-2H2,(H,3,4,5)(H,6,7,8)/t16-,17+,18?,19?,21-,22+,23+,26-,27+,28+;/m1./s1. The highest BCUT2D eigenvalue weighted by atomic mass is 32.2. The van der Waals surface area contributed by atoms with Gasteiger partial charge in [0.05, 0.1) is 17.6 Å². The van der Waals surface area contributed by atoms with Gasteiger partial charge in [-0.15, -0.1) is 6.58 Å². The second kappa shape index (κ2) is 14.2. The summed E-state index contributed by atoms with van der Waals surface area (Å²) in [7, 11) is -8.59. The van der Waals surface area contributed by atoms with Gasteiger partial charge in [0, 0.05) is 29.2 Å². The minimum Gasteiger partial charge on any atom is -0.446 e. The number of nitrogens with one attached hydrogen (secondary N) is 1. The van der Waals surface area contributed by atoms with Crippen LogP contribution < -0.4 is 11.1 Å². The van der Waals surface area contributed by atoms with Crippen LogP contribution in [0.3, 0.4) is 0 Å². The van der Waals surface area contributed by atoms with Crippen LogP contribution in [-0.4, -0.2) is 84.9 Å². The fourth-order valence-corrected chi connectivity index (χ4v) is 10.0. The lowest BCUT2D eigenvalue weighted by molar-refractivity contribution is -0.191. The molecule has 8 atom stereocenters. The Morgan fingerprint density at radius 1 is 0.978 bits per heavy atom. The lowest BCUT2D eigenvalue weighted by atomic mass is 9.44. The van der Waals surface area contributed by atoms with E-state index in [0.717, 1.165) is 32.1 Å². The van der Waals surface area contributed by atoms with Crippen molar-refractivity contribution >= 4 is 38.2 Å². The summed E-state index contributed by atoms with van der Waals surface area (Å²) in [5.74, 6) is -2.07. The molecule has 4 rings (SSSR count). The second-order valence-corrected chi connectivity index (χ2v) is 17.3. The fourth-order valence-electron chi connectivity index (χ4n) is 8.34. The summed E-state index contributed by atoms with van der Waals surface area (Å²) in [5.41, 5.74) is 4.21. The van der Waals surface area contributed by atoms with Gasteiger partial charge in [0.2, 0.25) is 0 Å². The predicted molar refractivity (Wildman–Crippen MR) is 168 cm³/mol. The number of hydrogen-bond acceptors (Lipinski definition) is 11. The SMILES string of the molecule is C=C[C@]1(C)C[C@@H](OC(=O)NC(=O)OC2CCC(N)CC2)[C@]2(C)[C@H](C)CC[C@]3(CCC(=O)[C@H]32)[C@@H](C)[C@@H]1O.O=S(=O)(O)CCS(=O)(=O)O. The molecule has 0 spiro atoms. The lowest BCUT2D eigenvalue weighted by Crippen LogP contribution is -2.63. The molecule has 0 aromatic carbocycles. The van der Waals surface area contributed by atoms with Crippen molar-refractivity contribution in [2.45, 2.75) is 110 Å². The molecule has 0 radical (unpaired) electrons. The second-order valence-electron chi connectivity index (χ2n) is 14.1. The number of ketones is 1. The first kappa shape index (κ1) is 38.3. The number of imide groups is 1. The summed E-state index contributed by atoms with van der Waals surface area (Å²) in [5, 5.41) is 13.8. The van der Waals surface area contributed by atoms with Crippen molar-refractivity contribution in [2.24, 2.45) is 39.7 Å². The Morgan fingerprint density at radius 3 is 2.04 bits per heavy atom. The van der Waals surface area contributed by atoms with E-state index in [-0.39, 0.29) is 41.1 Å². The summed E-state index contributed by atoms with van der Waals surface area (Å²) >= 11 is 0. The molecule has 2 bridgehead atoms. The predicted octanol–water partition coefficient (Wildman–Crippen LogP) is 3.24. The molecule has 4 aliphatic rings. The highest BCUT2D eigenvalue weighted by molar-refractivity contribution is 7.89. The van der Waals surface area contributed by atoms with Crippen LogP contribution in [0.5, 0.6) is 0 Å². The van der Waals surface area contributed by atoms with Crippen molar-refractivity contribution in [3.63, 3.8) is 0 Å². The zero-order chi connectivity index (χ0) is 34.9. The van der Waals surface area contributed by atoms with E-state index in [4.69, 9.17) is 24.3 Å². The number of carbonyl (C=O) groups excluding carboxylic acids is 3. The van der Waals surface area contributed by atoms with E-state index in [0.29, 0.717) is 25.7 Å². The van der Waals surface area contributed by atoms with Crippen LogP contribution in [-0.2, 0) is 34.5 Å². The van der Waals surface area contributed by atoms with E-state index in [1.807, 2.05) is 6.92 Å². The van der Waals surface area contributed by atoms with Gasteiger partial charge < -0.3 is 20.3 Å². The van der Waals surface area contributed by atoms with Gasteiger partial charge in [-0.1, -0.05) is 33.8 Å². The van der Waals surface area contributed by atoms with Crippen LogP contribution in [0.4, 0.5) is 9.59 Å². The molecule has 2 amide bonds. The monoisotopic (exact) mass is 694 g/mol. The average molecular weight is 695 g/mol. The fraction of sp³-hybridized carbons (Fsp3) is 0.833. The largest absolute Gasteiger partial charge is 0.446 e. The molecule has 0 aliphatic heterocycles. The molecule has 0 heterocycles. The molecule has 4 aliphatic carbocycles. The van der Waals surface area contributed by atoms with E-state index < -0.39 is 67.0 Å².